The zero-order chi connectivity index (χ0) is 34.5. The predicted molar refractivity (Wildman–Crippen MR) is 218 cm³/mol. The van der Waals surface area contributed by atoms with E-state index in [4.69, 9.17) is 17.0 Å². The molecular formula is C44H58Cl2N4Zr. The molecule has 3 fully saturated rings. The summed E-state index contributed by atoms with van der Waals surface area (Å²) in [6, 6.07) is 26.0. The Morgan fingerprint density at radius 3 is 1.67 bits per heavy atom. The molecule has 0 radical (unpaired) electrons. The second kappa shape index (κ2) is 19.2. The van der Waals surface area contributed by atoms with E-state index in [0.717, 1.165) is 58.9 Å². The Bertz CT molecular complexity index is 1790. The summed E-state index contributed by atoms with van der Waals surface area (Å²) in [4.78, 5) is 8.99. The first-order valence-electron chi connectivity index (χ1n) is 18.4. The van der Waals surface area contributed by atoms with E-state index in [2.05, 4.69) is 133 Å². The quantitative estimate of drug-likeness (QED) is 0.167. The largest absolute Gasteiger partial charge is 0.327 e. The number of benzene rings is 3. The summed E-state index contributed by atoms with van der Waals surface area (Å²) in [6.07, 6.45) is 15.8. The van der Waals surface area contributed by atoms with Crippen molar-refractivity contribution in [3.63, 3.8) is 0 Å². The zero-order valence-electron chi connectivity index (χ0n) is 31.8. The van der Waals surface area contributed by atoms with Crippen LogP contribution >= 0.6 is 17.0 Å². The fourth-order valence-corrected chi connectivity index (χ4v) is 9.20. The summed E-state index contributed by atoms with van der Waals surface area (Å²) in [7, 11) is 9.87. The number of halogens is 2. The van der Waals surface area contributed by atoms with Crippen LogP contribution in [0.4, 0.5) is 0 Å². The smallest absolute Gasteiger partial charge is 0.0960 e. The Morgan fingerprint density at radius 2 is 1.10 bits per heavy atom. The van der Waals surface area contributed by atoms with Crippen molar-refractivity contribution >= 4 is 50.9 Å². The van der Waals surface area contributed by atoms with E-state index < -0.39 is 20.8 Å². The van der Waals surface area contributed by atoms with E-state index in [-0.39, 0.29) is 14.9 Å². The predicted octanol–water partition coefficient (Wildman–Crippen LogP) is 13.2. The monoisotopic (exact) mass is 802 g/mol. The third-order valence-electron chi connectivity index (χ3n) is 12.7. The first-order chi connectivity index (χ1) is 23.8. The molecule has 51 heavy (non-hydrogen) atoms. The van der Waals surface area contributed by atoms with Crippen LogP contribution in [0, 0.1) is 56.3 Å². The van der Waals surface area contributed by atoms with Gasteiger partial charge in [0.25, 0.3) is 0 Å². The van der Waals surface area contributed by atoms with Gasteiger partial charge in [0, 0.05) is 18.2 Å². The summed E-state index contributed by atoms with van der Waals surface area (Å²) in [5.74, 6) is 6.66. The van der Waals surface area contributed by atoms with E-state index >= 15 is 0 Å². The molecule has 0 aliphatic heterocycles. The van der Waals surface area contributed by atoms with Gasteiger partial charge in [-0.1, -0.05) is 109 Å². The number of imidazole rings is 2. The number of allylic oxidation sites excluding steroid dienone is 1. The van der Waals surface area contributed by atoms with E-state index in [1.54, 1.807) is 0 Å². The number of hydrogen-bond acceptors (Lipinski definition) is 2. The molecule has 3 aromatic carbocycles. The van der Waals surface area contributed by atoms with Crippen molar-refractivity contribution in [2.24, 2.45) is 41.4 Å². The molecule has 0 amide bonds. The molecule has 2 unspecified atom stereocenters. The van der Waals surface area contributed by atoms with Gasteiger partial charge in [-0.05, 0) is 95.7 Å². The normalized spacial score (nSPS) is 27.1. The Labute approximate surface area is 327 Å². The molecule has 2 atom stereocenters. The topological polar surface area (TPSA) is 35.6 Å². The summed E-state index contributed by atoms with van der Waals surface area (Å²) in [6.45, 7) is 12.0. The average molecular weight is 805 g/mol. The van der Waals surface area contributed by atoms with Gasteiger partial charge in [0.05, 0.1) is 28.4 Å². The van der Waals surface area contributed by atoms with Crippen LogP contribution in [0.2, 0.25) is 0 Å². The second-order valence-corrected chi connectivity index (χ2v) is 18.8. The number of fused-ring (bicyclic) bond motifs is 4. The van der Waals surface area contributed by atoms with E-state index in [9.17, 15) is 0 Å². The second-order valence-electron chi connectivity index (χ2n) is 15.1. The van der Waals surface area contributed by atoms with Crippen LogP contribution in [0.15, 0.2) is 85.5 Å². The molecule has 0 spiro atoms. The van der Waals surface area contributed by atoms with Crippen molar-refractivity contribution in [1.82, 2.24) is 19.1 Å². The van der Waals surface area contributed by atoms with E-state index in [1.807, 2.05) is 12.4 Å². The summed E-state index contributed by atoms with van der Waals surface area (Å²) < 4.78 is 4.63. The first kappa shape index (κ1) is 41.6. The van der Waals surface area contributed by atoms with Gasteiger partial charge in [-0.3, -0.25) is 0 Å². The van der Waals surface area contributed by atoms with E-state index in [0.29, 0.717) is 6.04 Å². The van der Waals surface area contributed by atoms with Crippen LogP contribution in [0.5, 0.6) is 0 Å². The van der Waals surface area contributed by atoms with Gasteiger partial charge in [-0.25, -0.2) is 9.97 Å². The molecule has 4 aliphatic carbocycles. The van der Waals surface area contributed by atoms with Crippen LogP contribution in [-0.4, -0.2) is 19.1 Å². The molecule has 4 aliphatic rings. The van der Waals surface area contributed by atoms with Crippen LogP contribution in [0.25, 0.3) is 33.8 Å². The van der Waals surface area contributed by atoms with Crippen molar-refractivity contribution in [3.8, 4) is 0 Å². The molecular weight excluding hydrogens is 747 g/mol. The fourth-order valence-electron chi connectivity index (χ4n) is 9.20. The Morgan fingerprint density at radius 1 is 0.627 bits per heavy atom. The molecule has 0 N–H and O–H groups in total. The Kier molecular flexibility index (Phi) is 15.7. The van der Waals surface area contributed by atoms with Crippen molar-refractivity contribution in [2.45, 2.75) is 85.6 Å². The minimum Gasteiger partial charge on any atom is -0.327 e. The number of rotatable bonds is 2. The third kappa shape index (κ3) is 9.31. The molecule has 272 valence electrons. The zero-order valence-corrected chi connectivity index (χ0v) is 35.7. The number of para-hydroxylation sites is 4. The molecule has 0 saturated heterocycles. The molecule has 5 aromatic rings. The van der Waals surface area contributed by atoms with Gasteiger partial charge in [-0.2, -0.15) is 0 Å². The number of hydrogen-bond donors (Lipinski definition) is 0. The van der Waals surface area contributed by atoms with Crippen LogP contribution in [0.3, 0.4) is 0 Å². The Balaban J connectivity index is 0.000000168. The van der Waals surface area contributed by atoms with E-state index in [1.165, 1.54) is 66.4 Å². The Hall–Kier alpha value is -2.20. The van der Waals surface area contributed by atoms with Crippen molar-refractivity contribution < 1.29 is 20.8 Å². The van der Waals surface area contributed by atoms with Gasteiger partial charge in [0.2, 0.25) is 0 Å². The van der Waals surface area contributed by atoms with Gasteiger partial charge in [0.1, 0.15) is 6.33 Å². The summed E-state index contributed by atoms with van der Waals surface area (Å²) >= 11 is -0.826. The number of nitrogens with zero attached hydrogens (tertiary/aromatic N) is 4. The molecule has 2 aromatic heterocycles. The maximum absolute atomic E-state index is 4.93. The molecule has 3 saturated carbocycles. The molecule has 0 bridgehead atoms. The first-order valence-corrected chi connectivity index (χ1v) is 24.7. The molecule has 4 nitrogen and oxygen atoms in total. The maximum Gasteiger partial charge on any atom is 0.0960 e. The third-order valence-corrected chi connectivity index (χ3v) is 12.7. The summed E-state index contributed by atoms with van der Waals surface area (Å²) in [5.41, 5.74) is 8.71. The molecule has 7 heteroatoms. The molecule has 9 rings (SSSR count). The van der Waals surface area contributed by atoms with Crippen LogP contribution < -0.4 is 0 Å². The minimum atomic E-state index is -0.826. The average Bonchev–Trinajstić information content (AvgIpc) is 3.95. The minimum absolute atomic E-state index is 0. The number of aromatic nitrogens is 4. The van der Waals surface area contributed by atoms with Crippen LogP contribution in [0.1, 0.15) is 90.3 Å². The van der Waals surface area contributed by atoms with Crippen molar-refractivity contribution in [1.29, 1.82) is 0 Å². The van der Waals surface area contributed by atoms with Gasteiger partial charge >= 0.3 is 37.9 Å². The fraction of sp³-hybridized carbons (Fsp3) is 0.455. The van der Waals surface area contributed by atoms with Gasteiger partial charge in [0.15, 0.2) is 0 Å². The molecule has 2 heterocycles. The standard InChI is InChI=1S/C16H20N2.C16H12N2.C10H20.2CH3.2ClH.Zr/c2*1-2-6-13-10-14(9-12(13)5-1)18-11-17-15-7-3-4-8-16(15)18;1-6-7(2)9(4)10(5)8(6)3;;;;;/h3-4,7-8,11-14H,1-2,5-6,9-10H2;1-9,11H,10H2;6-10H,1-5H3;2*1H3;2*1H;/q;;;2*-1;;;+4/p-2. The van der Waals surface area contributed by atoms with Crippen molar-refractivity contribution in [3.05, 3.63) is 111 Å². The maximum atomic E-state index is 4.93. The van der Waals surface area contributed by atoms with Crippen molar-refractivity contribution in [2.75, 3.05) is 0 Å². The van der Waals surface area contributed by atoms with Gasteiger partial charge in [-0.15, -0.1) is 0 Å². The van der Waals surface area contributed by atoms with Gasteiger partial charge < -0.3 is 24.0 Å². The summed E-state index contributed by atoms with van der Waals surface area (Å²) in [5, 5.41) is 0. The SMILES string of the molecule is C1=C(n2cnc3ccccc32)Cc2ccccc21.CC1C(C)C(C)C(C)C1C.[CH3-].[CH3-].[Cl][Zr+2][Cl].c1ccc2c(c1)ncn2C1CC2CCCCC2C1. The van der Waals surface area contributed by atoms with Crippen LogP contribution in [-0.2, 0) is 27.3 Å².